The summed E-state index contributed by atoms with van der Waals surface area (Å²) in [5.41, 5.74) is 1.52. The summed E-state index contributed by atoms with van der Waals surface area (Å²) in [6, 6.07) is 9.90. The first-order valence-electron chi connectivity index (χ1n) is 6.37. The topological polar surface area (TPSA) is 59.1 Å². The van der Waals surface area contributed by atoms with Crippen LogP contribution in [0.1, 0.15) is 42.2 Å². The summed E-state index contributed by atoms with van der Waals surface area (Å²) >= 11 is 1.27. The molecular formula is C15H16N2O2S. The first kappa shape index (κ1) is 14.4. The number of anilines is 1. The molecule has 0 aliphatic carbocycles. The lowest BCUT2D eigenvalue weighted by molar-refractivity contribution is -0.116. The molecule has 1 aromatic carbocycles. The van der Waals surface area contributed by atoms with E-state index in [1.54, 1.807) is 5.38 Å². The third-order valence-corrected chi connectivity index (χ3v) is 3.73. The van der Waals surface area contributed by atoms with Crippen molar-refractivity contribution in [3.05, 3.63) is 47.0 Å². The van der Waals surface area contributed by atoms with E-state index < -0.39 is 0 Å². The molecule has 5 heteroatoms. The maximum Gasteiger partial charge on any atom is 0.226 e. The van der Waals surface area contributed by atoms with Crippen molar-refractivity contribution in [1.82, 2.24) is 4.98 Å². The highest BCUT2D eigenvalue weighted by atomic mass is 32.1. The summed E-state index contributed by atoms with van der Waals surface area (Å²) in [7, 11) is 0. The van der Waals surface area contributed by atoms with Crippen LogP contribution in [-0.2, 0) is 4.79 Å². The van der Waals surface area contributed by atoms with Crippen molar-refractivity contribution in [2.24, 2.45) is 0 Å². The predicted molar refractivity (Wildman–Crippen MR) is 80.2 cm³/mol. The number of carbonyl (C=O) groups is 2. The highest BCUT2D eigenvalue weighted by molar-refractivity contribution is 7.14. The van der Waals surface area contributed by atoms with E-state index in [1.165, 1.54) is 18.3 Å². The zero-order chi connectivity index (χ0) is 14.5. The van der Waals surface area contributed by atoms with Crippen LogP contribution >= 0.6 is 11.3 Å². The minimum atomic E-state index is -0.0978. The monoisotopic (exact) mass is 288 g/mol. The fourth-order valence-electron chi connectivity index (χ4n) is 1.84. The molecule has 0 aliphatic rings. The van der Waals surface area contributed by atoms with Crippen molar-refractivity contribution in [3.63, 3.8) is 0 Å². The van der Waals surface area contributed by atoms with Crippen LogP contribution in [0, 0.1) is 0 Å². The largest absolute Gasteiger partial charge is 0.302 e. The lowest BCUT2D eigenvalue weighted by Crippen LogP contribution is -2.14. The summed E-state index contributed by atoms with van der Waals surface area (Å²) in [6.45, 7) is 3.47. The van der Waals surface area contributed by atoms with Gasteiger partial charge < -0.3 is 5.32 Å². The van der Waals surface area contributed by atoms with Crippen LogP contribution in [0.5, 0.6) is 0 Å². The average Bonchev–Trinajstić information content (AvgIpc) is 2.88. The smallest absolute Gasteiger partial charge is 0.226 e. The van der Waals surface area contributed by atoms with Crippen molar-refractivity contribution >= 4 is 28.2 Å². The van der Waals surface area contributed by atoms with Gasteiger partial charge in [0.25, 0.3) is 0 Å². The highest BCUT2D eigenvalue weighted by Crippen LogP contribution is 2.21. The summed E-state index contributed by atoms with van der Waals surface area (Å²) < 4.78 is 0. The normalized spacial score (nSPS) is 11.9. The van der Waals surface area contributed by atoms with Gasteiger partial charge in [-0.05, 0) is 11.5 Å². The second-order valence-electron chi connectivity index (χ2n) is 4.66. The number of nitrogens with zero attached hydrogens (tertiary/aromatic N) is 1. The van der Waals surface area contributed by atoms with Crippen LogP contribution in [0.2, 0.25) is 0 Å². The van der Waals surface area contributed by atoms with Gasteiger partial charge in [-0.2, -0.15) is 0 Å². The van der Waals surface area contributed by atoms with Gasteiger partial charge in [0.1, 0.15) is 5.69 Å². The van der Waals surface area contributed by atoms with Crippen LogP contribution in [0.15, 0.2) is 35.7 Å². The Morgan fingerprint density at radius 1 is 1.30 bits per heavy atom. The third-order valence-electron chi connectivity index (χ3n) is 2.97. The van der Waals surface area contributed by atoms with Gasteiger partial charge in [-0.25, -0.2) is 4.98 Å². The maximum atomic E-state index is 11.9. The maximum absolute atomic E-state index is 11.9. The molecule has 0 saturated carbocycles. The van der Waals surface area contributed by atoms with Crippen molar-refractivity contribution in [2.45, 2.75) is 26.2 Å². The van der Waals surface area contributed by atoms with Crippen LogP contribution in [-0.4, -0.2) is 16.7 Å². The Balaban J connectivity index is 1.93. The standard InChI is InChI=1S/C15H16N2O2S/c1-10(12-6-4-3-5-7-12)8-14(19)17-15-16-13(9-20-15)11(2)18/h3-7,9-10H,8H2,1-2H3,(H,16,17,19). The number of Topliss-reactive ketones (excluding diaryl/α,β-unsaturated/α-hetero) is 1. The zero-order valence-electron chi connectivity index (χ0n) is 11.4. The Kier molecular flexibility index (Phi) is 4.63. The molecule has 104 valence electrons. The first-order chi connectivity index (χ1) is 9.56. The van der Waals surface area contributed by atoms with Crippen LogP contribution < -0.4 is 5.32 Å². The Morgan fingerprint density at radius 3 is 2.60 bits per heavy atom. The third kappa shape index (κ3) is 3.74. The van der Waals surface area contributed by atoms with Gasteiger partial charge in [0, 0.05) is 18.7 Å². The van der Waals surface area contributed by atoms with Crippen LogP contribution in [0.4, 0.5) is 5.13 Å². The Hall–Kier alpha value is -2.01. The van der Waals surface area contributed by atoms with Gasteiger partial charge in [0.15, 0.2) is 10.9 Å². The Labute approximate surface area is 121 Å². The molecule has 1 unspecified atom stereocenters. The van der Waals surface area contributed by atoms with Crippen LogP contribution in [0.25, 0.3) is 0 Å². The van der Waals surface area contributed by atoms with Crippen LogP contribution in [0.3, 0.4) is 0 Å². The minimum Gasteiger partial charge on any atom is -0.302 e. The van der Waals surface area contributed by atoms with Crippen molar-refractivity contribution < 1.29 is 9.59 Å². The average molecular weight is 288 g/mol. The van der Waals surface area contributed by atoms with E-state index in [0.29, 0.717) is 17.2 Å². The molecule has 4 nitrogen and oxygen atoms in total. The number of thiazole rings is 1. The predicted octanol–water partition coefficient (Wildman–Crippen LogP) is 3.48. The molecule has 0 bridgehead atoms. The molecule has 0 spiro atoms. The minimum absolute atomic E-state index is 0.0918. The van der Waals surface area contributed by atoms with Gasteiger partial charge in [-0.3, -0.25) is 9.59 Å². The van der Waals surface area contributed by atoms with Crippen molar-refractivity contribution in [1.29, 1.82) is 0 Å². The molecule has 0 fully saturated rings. The van der Waals surface area contributed by atoms with Crippen molar-refractivity contribution in [3.8, 4) is 0 Å². The lowest BCUT2D eigenvalue weighted by Gasteiger charge is -2.10. The number of benzene rings is 1. The summed E-state index contributed by atoms with van der Waals surface area (Å²) in [4.78, 5) is 27.2. The zero-order valence-corrected chi connectivity index (χ0v) is 12.2. The summed E-state index contributed by atoms with van der Waals surface area (Å²) in [6.07, 6.45) is 0.388. The highest BCUT2D eigenvalue weighted by Gasteiger charge is 2.13. The Morgan fingerprint density at radius 2 is 2.00 bits per heavy atom. The second kappa shape index (κ2) is 6.43. The van der Waals surface area contributed by atoms with Gasteiger partial charge in [-0.1, -0.05) is 37.3 Å². The Bertz CT molecular complexity index is 607. The van der Waals surface area contributed by atoms with E-state index in [9.17, 15) is 9.59 Å². The number of rotatable bonds is 5. The number of nitrogens with one attached hydrogen (secondary N) is 1. The molecule has 0 aliphatic heterocycles. The number of amides is 1. The quantitative estimate of drug-likeness (QED) is 0.857. The van der Waals surface area contributed by atoms with E-state index in [4.69, 9.17) is 0 Å². The molecule has 0 saturated heterocycles. The van der Waals surface area contributed by atoms with Gasteiger partial charge >= 0.3 is 0 Å². The molecule has 1 atom stereocenters. The SMILES string of the molecule is CC(=O)c1csc(NC(=O)CC(C)c2ccccc2)n1. The molecule has 1 N–H and O–H groups in total. The molecule has 1 amide bonds. The number of hydrogen-bond donors (Lipinski definition) is 1. The molecule has 1 heterocycles. The van der Waals surface area contributed by atoms with E-state index in [2.05, 4.69) is 10.3 Å². The second-order valence-corrected chi connectivity index (χ2v) is 5.52. The molecule has 0 radical (unpaired) electrons. The van der Waals surface area contributed by atoms with E-state index in [0.717, 1.165) is 5.56 Å². The fourth-order valence-corrected chi connectivity index (χ4v) is 2.61. The van der Waals surface area contributed by atoms with E-state index >= 15 is 0 Å². The van der Waals surface area contributed by atoms with Gasteiger partial charge in [0.2, 0.25) is 5.91 Å². The molecule has 2 rings (SSSR count). The molecule has 2 aromatic rings. The van der Waals surface area contributed by atoms with Gasteiger partial charge in [0.05, 0.1) is 0 Å². The van der Waals surface area contributed by atoms with E-state index in [1.807, 2.05) is 37.3 Å². The lowest BCUT2D eigenvalue weighted by atomic mass is 9.98. The first-order valence-corrected chi connectivity index (χ1v) is 7.25. The molecule has 1 aromatic heterocycles. The number of aromatic nitrogens is 1. The molecule has 20 heavy (non-hydrogen) atoms. The fraction of sp³-hybridized carbons (Fsp3) is 0.267. The summed E-state index contributed by atoms with van der Waals surface area (Å²) in [5.74, 6) is -0.0475. The number of hydrogen-bond acceptors (Lipinski definition) is 4. The van der Waals surface area contributed by atoms with Gasteiger partial charge in [-0.15, -0.1) is 11.3 Å². The number of carbonyl (C=O) groups excluding carboxylic acids is 2. The van der Waals surface area contributed by atoms with E-state index in [-0.39, 0.29) is 17.6 Å². The summed E-state index contributed by atoms with van der Waals surface area (Å²) in [5, 5.41) is 4.86. The molecular weight excluding hydrogens is 272 g/mol. The van der Waals surface area contributed by atoms with Crippen molar-refractivity contribution in [2.75, 3.05) is 5.32 Å². The number of ketones is 1.